The zero-order valence-electron chi connectivity index (χ0n) is 16.6. The summed E-state index contributed by atoms with van der Waals surface area (Å²) in [6.07, 6.45) is 1.81. The third-order valence-corrected chi connectivity index (χ3v) is 4.27. The number of rotatable bonds is 8. The molecule has 0 fully saturated rings. The molecule has 0 atom stereocenters. The molecule has 148 valence electrons. The molecule has 0 unspecified atom stereocenters. The summed E-state index contributed by atoms with van der Waals surface area (Å²) < 4.78 is 10.9. The lowest BCUT2D eigenvalue weighted by Gasteiger charge is -2.14. The zero-order chi connectivity index (χ0) is 19.8. The van der Waals surface area contributed by atoms with Crippen LogP contribution in [0.2, 0.25) is 0 Å². The maximum Gasteiger partial charge on any atom is 0.195 e. The molecule has 0 bridgehead atoms. The second-order valence-corrected chi connectivity index (χ2v) is 6.23. The van der Waals surface area contributed by atoms with Crippen LogP contribution < -0.4 is 20.1 Å². The number of aliphatic imine (C=N–C) groups is 1. The van der Waals surface area contributed by atoms with E-state index < -0.39 is 0 Å². The number of hydrogen-bond donors (Lipinski definition) is 3. The van der Waals surface area contributed by atoms with E-state index in [-0.39, 0.29) is 0 Å². The van der Waals surface area contributed by atoms with E-state index in [9.17, 15) is 0 Å². The number of nitrogens with one attached hydrogen (secondary N) is 3. The molecule has 0 aliphatic rings. The second-order valence-electron chi connectivity index (χ2n) is 6.23. The first kappa shape index (κ1) is 19.5. The lowest BCUT2D eigenvalue weighted by Crippen LogP contribution is -2.31. The Balaban J connectivity index is 1.51. The Morgan fingerprint density at radius 3 is 2.79 bits per heavy atom. The standard InChI is InChI=1S/C21H27N5O2/c1-4-28-19-14-15(11-12-18(19)27-3)24-21(22-2)23-13-7-10-20-25-16-8-5-6-9-17(16)26-20/h5-6,8-9,11-12,14H,4,7,10,13H2,1-3H3,(H,25,26)(H2,22,23,24). The molecule has 0 aliphatic heterocycles. The summed E-state index contributed by atoms with van der Waals surface area (Å²) in [5.74, 6) is 3.12. The molecule has 2 aromatic carbocycles. The number of benzene rings is 2. The Morgan fingerprint density at radius 1 is 1.18 bits per heavy atom. The first-order valence-corrected chi connectivity index (χ1v) is 9.45. The van der Waals surface area contributed by atoms with Crippen molar-refractivity contribution in [2.24, 2.45) is 4.99 Å². The van der Waals surface area contributed by atoms with Crippen LogP contribution >= 0.6 is 0 Å². The van der Waals surface area contributed by atoms with Gasteiger partial charge in [0.05, 0.1) is 24.8 Å². The fourth-order valence-corrected chi connectivity index (χ4v) is 2.93. The highest BCUT2D eigenvalue weighted by molar-refractivity contribution is 5.93. The summed E-state index contributed by atoms with van der Waals surface area (Å²) in [6.45, 7) is 3.31. The molecule has 1 heterocycles. The number of aromatic amines is 1. The number of ether oxygens (including phenoxy) is 2. The monoisotopic (exact) mass is 381 g/mol. The molecule has 3 N–H and O–H groups in total. The summed E-state index contributed by atoms with van der Waals surface area (Å²) in [4.78, 5) is 12.2. The topological polar surface area (TPSA) is 83.6 Å². The van der Waals surface area contributed by atoms with Crippen LogP contribution in [0, 0.1) is 0 Å². The Morgan fingerprint density at radius 2 is 2.04 bits per heavy atom. The Hall–Kier alpha value is -3.22. The number of guanidine groups is 1. The predicted octanol–water partition coefficient (Wildman–Crippen LogP) is 3.59. The van der Waals surface area contributed by atoms with Gasteiger partial charge in [0.15, 0.2) is 17.5 Å². The van der Waals surface area contributed by atoms with Crippen molar-refractivity contribution in [3.8, 4) is 11.5 Å². The molecule has 3 rings (SSSR count). The maximum absolute atomic E-state index is 5.62. The van der Waals surface area contributed by atoms with Gasteiger partial charge in [0.2, 0.25) is 0 Å². The largest absolute Gasteiger partial charge is 0.493 e. The Labute approximate surface area is 165 Å². The number of hydrogen-bond acceptors (Lipinski definition) is 4. The fraction of sp³-hybridized carbons (Fsp3) is 0.333. The number of imidazole rings is 1. The average molecular weight is 381 g/mol. The molecule has 7 nitrogen and oxygen atoms in total. The van der Waals surface area contributed by atoms with Crippen molar-refractivity contribution < 1.29 is 9.47 Å². The second kappa shape index (κ2) is 9.64. The van der Waals surface area contributed by atoms with Crippen molar-refractivity contribution in [2.75, 3.05) is 32.6 Å². The van der Waals surface area contributed by atoms with Crippen molar-refractivity contribution in [2.45, 2.75) is 19.8 Å². The fourth-order valence-electron chi connectivity index (χ4n) is 2.93. The molecular formula is C21H27N5O2. The van der Waals surface area contributed by atoms with E-state index in [2.05, 4.69) is 25.6 Å². The summed E-state index contributed by atoms with van der Waals surface area (Å²) in [7, 11) is 3.38. The molecule has 0 saturated carbocycles. The zero-order valence-corrected chi connectivity index (χ0v) is 16.6. The molecule has 28 heavy (non-hydrogen) atoms. The van der Waals surface area contributed by atoms with Crippen molar-refractivity contribution in [3.63, 3.8) is 0 Å². The van der Waals surface area contributed by atoms with Crippen LogP contribution in [0.3, 0.4) is 0 Å². The maximum atomic E-state index is 5.62. The molecule has 3 aromatic rings. The van der Waals surface area contributed by atoms with Gasteiger partial charge in [0.1, 0.15) is 5.82 Å². The van der Waals surface area contributed by atoms with E-state index in [0.29, 0.717) is 24.1 Å². The van der Waals surface area contributed by atoms with Gasteiger partial charge < -0.3 is 25.1 Å². The van der Waals surface area contributed by atoms with Crippen LogP contribution in [0.25, 0.3) is 11.0 Å². The minimum Gasteiger partial charge on any atom is -0.493 e. The number of aryl methyl sites for hydroxylation is 1. The van der Waals surface area contributed by atoms with E-state index in [4.69, 9.17) is 9.47 Å². The summed E-state index contributed by atoms with van der Waals surface area (Å²) in [6, 6.07) is 13.8. The van der Waals surface area contributed by atoms with E-state index in [1.54, 1.807) is 14.2 Å². The first-order chi connectivity index (χ1) is 13.7. The number of aromatic nitrogens is 2. The minimum atomic E-state index is 0.578. The van der Waals surface area contributed by atoms with Gasteiger partial charge >= 0.3 is 0 Å². The molecule has 1 aromatic heterocycles. The van der Waals surface area contributed by atoms with Crippen LogP contribution in [0.4, 0.5) is 5.69 Å². The normalized spacial score (nSPS) is 11.5. The van der Waals surface area contributed by atoms with Gasteiger partial charge in [0.25, 0.3) is 0 Å². The van der Waals surface area contributed by atoms with Gasteiger partial charge in [-0.05, 0) is 37.6 Å². The Kier molecular flexibility index (Phi) is 6.73. The molecule has 0 aliphatic carbocycles. The van der Waals surface area contributed by atoms with Crippen LogP contribution in [0.5, 0.6) is 11.5 Å². The van der Waals surface area contributed by atoms with E-state index >= 15 is 0 Å². The van der Waals surface area contributed by atoms with Crippen molar-refractivity contribution in [1.29, 1.82) is 0 Å². The van der Waals surface area contributed by atoms with Gasteiger partial charge in [-0.3, -0.25) is 4.99 Å². The quantitative estimate of drug-likeness (QED) is 0.315. The van der Waals surface area contributed by atoms with Crippen LogP contribution in [0.15, 0.2) is 47.5 Å². The molecule has 0 spiro atoms. The predicted molar refractivity (Wildman–Crippen MR) is 114 cm³/mol. The van der Waals surface area contributed by atoms with Gasteiger partial charge in [0, 0.05) is 31.8 Å². The number of para-hydroxylation sites is 2. The number of H-pyrrole nitrogens is 1. The molecule has 0 radical (unpaired) electrons. The number of anilines is 1. The molecular weight excluding hydrogens is 354 g/mol. The SMILES string of the molecule is CCOc1cc(NC(=NC)NCCCc2nc3ccccc3[nH]2)ccc1OC. The van der Waals surface area contributed by atoms with E-state index in [1.807, 2.05) is 49.4 Å². The Bertz CT molecular complexity index is 902. The van der Waals surface area contributed by atoms with Crippen molar-refractivity contribution in [1.82, 2.24) is 15.3 Å². The van der Waals surface area contributed by atoms with Crippen molar-refractivity contribution in [3.05, 3.63) is 48.3 Å². The summed E-state index contributed by atoms with van der Waals surface area (Å²) in [5, 5.41) is 6.61. The highest BCUT2D eigenvalue weighted by atomic mass is 16.5. The highest BCUT2D eigenvalue weighted by Crippen LogP contribution is 2.30. The van der Waals surface area contributed by atoms with Crippen LogP contribution in [-0.2, 0) is 6.42 Å². The number of methoxy groups -OCH3 is 1. The lowest BCUT2D eigenvalue weighted by atomic mass is 10.2. The third kappa shape index (κ3) is 4.94. The summed E-state index contributed by atoms with van der Waals surface area (Å²) in [5.41, 5.74) is 2.97. The van der Waals surface area contributed by atoms with E-state index in [1.165, 1.54) is 0 Å². The minimum absolute atomic E-state index is 0.578. The van der Waals surface area contributed by atoms with Crippen LogP contribution in [0.1, 0.15) is 19.2 Å². The van der Waals surface area contributed by atoms with Crippen molar-refractivity contribution >= 4 is 22.7 Å². The molecule has 7 heteroatoms. The average Bonchev–Trinajstić information content (AvgIpc) is 3.13. The highest BCUT2D eigenvalue weighted by Gasteiger charge is 2.07. The molecule has 0 amide bonds. The van der Waals surface area contributed by atoms with E-state index in [0.717, 1.165) is 41.9 Å². The smallest absolute Gasteiger partial charge is 0.195 e. The first-order valence-electron chi connectivity index (χ1n) is 9.45. The summed E-state index contributed by atoms with van der Waals surface area (Å²) >= 11 is 0. The lowest BCUT2D eigenvalue weighted by molar-refractivity contribution is 0.311. The number of nitrogens with zero attached hydrogens (tertiary/aromatic N) is 2. The number of fused-ring (bicyclic) bond motifs is 1. The van der Waals surface area contributed by atoms with Gasteiger partial charge in [-0.1, -0.05) is 12.1 Å². The van der Waals surface area contributed by atoms with Gasteiger partial charge in [-0.2, -0.15) is 0 Å². The third-order valence-electron chi connectivity index (χ3n) is 4.27. The van der Waals surface area contributed by atoms with Gasteiger partial charge in [-0.15, -0.1) is 0 Å². The van der Waals surface area contributed by atoms with Gasteiger partial charge in [-0.25, -0.2) is 4.98 Å². The van der Waals surface area contributed by atoms with Crippen LogP contribution in [-0.4, -0.2) is 43.2 Å². The molecule has 0 saturated heterocycles.